The number of aryl methyl sites for hydroxylation is 2. The lowest BCUT2D eigenvalue weighted by Crippen LogP contribution is -2.50. The van der Waals surface area contributed by atoms with E-state index in [-0.39, 0.29) is 36.8 Å². The maximum atomic E-state index is 14.0. The van der Waals surface area contributed by atoms with Crippen LogP contribution in [0, 0.1) is 11.6 Å². The number of rotatable bonds is 4. The molecule has 0 bridgehead atoms. The van der Waals surface area contributed by atoms with Crippen molar-refractivity contribution >= 4 is 31.1 Å². The number of hydrogen-bond donors (Lipinski definition) is 0. The Bertz CT molecular complexity index is 1490. The smallest absolute Gasteiger partial charge is 0.295 e. The second-order valence-electron chi connectivity index (χ2n) is 7.43. The van der Waals surface area contributed by atoms with Crippen LogP contribution >= 0.6 is 0 Å². The van der Waals surface area contributed by atoms with Crippen LogP contribution in [0.4, 0.5) is 8.78 Å². The molecule has 0 saturated carbocycles. The minimum atomic E-state index is -4.25. The largest absolute Gasteiger partial charge is 0.328 e. The van der Waals surface area contributed by atoms with Crippen LogP contribution in [0.15, 0.2) is 51.0 Å². The first-order valence-electron chi connectivity index (χ1n) is 9.55. The van der Waals surface area contributed by atoms with Crippen molar-refractivity contribution in [1.29, 1.82) is 0 Å². The molecular formula is C19H20F2N4O5S2. The Morgan fingerprint density at radius 1 is 0.750 bits per heavy atom. The zero-order chi connectivity index (χ0) is 23.4. The zero-order valence-corrected chi connectivity index (χ0v) is 18.8. The van der Waals surface area contributed by atoms with Crippen LogP contribution in [0.3, 0.4) is 0 Å². The van der Waals surface area contributed by atoms with Crippen molar-refractivity contribution in [2.75, 3.05) is 26.2 Å². The number of piperazine rings is 1. The van der Waals surface area contributed by atoms with Gasteiger partial charge in [-0.3, -0.25) is 9.13 Å². The molecule has 1 fully saturated rings. The van der Waals surface area contributed by atoms with Gasteiger partial charge in [-0.25, -0.2) is 30.4 Å². The van der Waals surface area contributed by atoms with Gasteiger partial charge in [0.05, 0.1) is 15.9 Å². The number of imidazole rings is 1. The molecule has 2 heterocycles. The van der Waals surface area contributed by atoms with Gasteiger partial charge in [0.25, 0.3) is 0 Å². The minimum absolute atomic E-state index is 0.0212. The van der Waals surface area contributed by atoms with E-state index in [1.807, 2.05) is 0 Å². The van der Waals surface area contributed by atoms with Gasteiger partial charge >= 0.3 is 5.69 Å². The van der Waals surface area contributed by atoms with Gasteiger partial charge < -0.3 is 0 Å². The van der Waals surface area contributed by atoms with Crippen molar-refractivity contribution in [3.8, 4) is 0 Å². The molecule has 32 heavy (non-hydrogen) atoms. The molecule has 0 unspecified atom stereocenters. The fourth-order valence-corrected chi connectivity index (χ4v) is 6.68. The molecule has 3 aromatic rings. The highest BCUT2D eigenvalue weighted by Crippen LogP contribution is 2.25. The van der Waals surface area contributed by atoms with Gasteiger partial charge in [0.1, 0.15) is 16.5 Å². The van der Waals surface area contributed by atoms with Crippen LogP contribution < -0.4 is 5.69 Å². The van der Waals surface area contributed by atoms with Crippen molar-refractivity contribution in [3.63, 3.8) is 0 Å². The number of fused-ring (bicyclic) bond motifs is 1. The van der Waals surface area contributed by atoms with E-state index in [0.29, 0.717) is 17.1 Å². The summed E-state index contributed by atoms with van der Waals surface area (Å²) < 4.78 is 83.7. The van der Waals surface area contributed by atoms with Gasteiger partial charge in [-0.15, -0.1) is 0 Å². The third-order valence-electron chi connectivity index (χ3n) is 5.59. The summed E-state index contributed by atoms with van der Waals surface area (Å²) in [7, 11) is -5.08. The third-order valence-corrected chi connectivity index (χ3v) is 9.42. The van der Waals surface area contributed by atoms with E-state index in [2.05, 4.69) is 0 Å². The van der Waals surface area contributed by atoms with E-state index in [9.17, 15) is 30.4 Å². The summed E-state index contributed by atoms with van der Waals surface area (Å²) in [6.45, 7) is -0.666. The Hall–Kier alpha value is -2.61. The molecule has 0 atom stereocenters. The molecule has 0 radical (unpaired) electrons. The number of halogens is 2. The molecule has 1 aliphatic rings. The summed E-state index contributed by atoms with van der Waals surface area (Å²) in [5, 5.41) is 0. The second-order valence-corrected chi connectivity index (χ2v) is 11.3. The zero-order valence-electron chi connectivity index (χ0n) is 17.2. The Morgan fingerprint density at radius 3 is 1.91 bits per heavy atom. The molecule has 0 amide bonds. The predicted octanol–water partition coefficient (Wildman–Crippen LogP) is 0.850. The van der Waals surface area contributed by atoms with Gasteiger partial charge in [-0.1, -0.05) is 0 Å². The summed E-state index contributed by atoms with van der Waals surface area (Å²) in [6.07, 6.45) is 0. The lowest BCUT2D eigenvalue weighted by molar-refractivity contribution is 0.272. The van der Waals surface area contributed by atoms with E-state index >= 15 is 0 Å². The topological polar surface area (TPSA) is 102 Å². The Labute approximate surface area is 183 Å². The van der Waals surface area contributed by atoms with E-state index < -0.39 is 36.6 Å². The molecule has 0 spiro atoms. The van der Waals surface area contributed by atoms with E-state index in [4.69, 9.17) is 0 Å². The van der Waals surface area contributed by atoms with Crippen molar-refractivity contribution in [3.05, 3.63) is 58.5 Å². The maximum absolute atomic E-state index is 14.0. The fraction of sp³-hybridized carbons (Fsp3) is 0.316. The quantitative estimate of drug-likeness (QED) is 0.544. The Kier molecular flexibility index (Phi) is 5.48. The summed E-state index contributed by atoms with van der Waals surface area (Å²) >= 11 is 0. The van der Waals surface area contributed by atoms with Gasteiger partial charge in [0.15, 0.2) is 0 Å². The highest BCUT2D eigenvalue weighted by atomic mass is 32.2. The summed E-state index contributed by atoms with van der Waals surface area (Å²) in [5.74, 6) is -2.10. The predicted molar refractivity (Wildman–Crippen MR) is 112 cm³/mol. The van der Waals surface area contributed by atoms with Gasteiger partial charge in [0, 0.05) is 46.3 Å². The van der Waals surface area contributed by atoms with Gasteiger partial charge in [-0.2, -0.15) is 8.61 Å². The molecule has 1 aromatic heterocycles. The molecule has 9 nitrogen and oxygen atoms in total. The lowest BCUT2D eigenvalue weighted by Gasteiger charge is -2.33. The van der Waals surface area contributed by atoms with Crippen molar-refractivity contribution in [1.82, 2.24) is 17.7 Å². The summed E-state index contributed by atoms with van der Waals surface area (Å²) in [5.41, 5.74) is 0.738. The SMILES string of the molecule is Cn1c(=O)n(C)c2cc(S(=O)(=O)N3CCN(S(=O)(=O)c4ccc(F)cc4F)CC3)ccc21. The van der Waals surface area contributed by atoms with E-state index in [0.717, 1.165) is 20.7 Å². The van der Waals surface area contributed by atoms with E-state index in [1.165, 1.54) is 21.3 Å². The van der Waals surface area contributed by atoms with Gasteiger partial charge in [0.2, 0.25) is 20.0 Å². The lowest BCUT2D eigenvalue weighted by atomic mass is 10.3. The van der Waals surface area contributed by atoms with E-state index in [1.54, 1.807) is 20.2 Å². The van der Waals surface area contributed by atoms with Crippen LogP contribution in [0.5, 0.6) is 0 Å². The molecule has 4 rings (SSSR count). The number of sulfonamides is 2. The minimum Gasteiger partial charge on any atom is -0.295 e. The molecular weight excluding hydrogens is 466 g/mol. The average Bonchev–Trinajstić information content (AvgIpc) is 2.97. The second kappa shape index (κ2) is 7.76. The van der Waals surface area contributed by atoms with Crippen LogP contribution in [-0.2, 0) is 34.1 Å². The normalized spacial score (nSPS) is 16.6. The number of aromatic nitrogens is 2. The highest BCUT2D eigenvalue weighted by Gasteiger charge is 2.35. The molecule has 0 aliphatic carbocycles. The number of hydrogen-bond acceptors (Lipinski definition) is 5. The molecule has 1 saturated heterocycles. The molecule has 0 N–H and O–H groups in total. The van der Waals surface area contributed by atoms with Crippen molar-refractivity contribution in [2.45, 2.75) is 9.79 Å². The number of benzene rings is 2. The summed E-state index contributed by atoms with van der Waals surface area (Å²) in [4.78, 5) is 11.4. The molecule has 2 aromatic carbocycles. The Balaban J connectivity index is 1.58. The van der Waals surface area contributed by atoms with Crippen LogP contribution in [0.25, 0.3) is 11.0 Å². The third kappa shape index (κ3) is 3.54. The summed E-state index contributed by atoms with van der Waals surface area (Å²) in [6, 6.07) is 6.53. The molecule has 13 heteroatoms. The Morgan fingerprint density at radius 2 is 1.31 bits per heavy atom. The monoisotopic (exact) mass is 486 g/mol. The maximum Gasteiger partial charge on any atom is 0.328 e. The van der Waals surface area contributed by atoms with Crippen molar-refractivity contribution in [2.24, 2.45) is 14.1 Å². The van der Waals surface area contributed by atoms with Crippen LogP contribution in [0.2, 0.25) is 0 Å². The van der Waals surface area contributed by atoms with Crippen molar-refractivity contribution < 1.29 is 25.6 Å². The average molecular weight is 487 g/mol. The molecule has 172 valence electrons. The fourth-order valence-electron chi connectivity index (χ4n) is 3.77. The first-order valence-corrected chi connectivity index (χ1v) is 12.4. The number of nitrogens with zero attached hydrogens (tertiary/aromatic N) is 4. The van der Waals surface area contributed by atoms with Crippen LogP contribution in [0.1, 0.15) is 0 Å². The highest BCUT2D eigenvalue weighted by molar-refractivity contribution is 7.89. The van der Waals surface area contributed by atoms with Gasteiger partial charge in [-0.05, 0) is 30.3 Å². The van der Waals surface area contributed by atoms with Crippen LogP contribution in [-0.4, -0.2) is 60.8 Å². The first kappa shape index (κ1) is 22.6. The molecule has 1 aliphatic heterocycles. The first-order chi connectivity index (χ1) is 14.9. The standard InChI is InChI=1S/C19H20F2N4O5S2/c1-22-16-5-4-14(12-17(16)23(2)19(22)26)31(27,28)24-7-9-25(10-8-24)32(29,30)18-6-3-13(20)11-15(18)21/h3-6,11-12H,7-10H2,1-2H3.